The number of rotatable bonds is 1. The van der Waals surface area contributed by atoms with Crippen LogP contribution in [-0.4, -0.2) is 12.5 Å². The second-order valence-corrected chi connectivity index (χ2v) is 4.47. The number of fused-ring (bicyclic) bond motifs is 1. The Morgan fingerprint density at radius 2 is 1.68 bits per heavy atom. The summed E-state index contributed by atoms with van der Waals surface area (Å²) in [7, 11) is 0. The maximum atomic E-state index is 14.0. The van der Waals surface area contributed by atoms with Gasteiger partial charge in [-0.25, -0.2) is 4.39 Å². The quantitative estimate of drug-likeness (QED) is 0.823. The molecule has 0 aliphatic carbocycles. The van der Waals surface area contributed by atoms with Gasteiger partial charge >= 0.3 is 0 Å². The minimum Gasteiger partial charge on any atom is -0.325 e. The molecule has 2 N–H and O–H groups in total. The van der Waals surface area contributed by atoms with Crippen LogP contribution in [0.1, 0.15) is 17.2 Å². The van der Waals surface area contributed by atoms with E-state index in [1.165, 1.54) is 6.07 Å². The highest BCUT2D eigenvalue weighted by atomic mass is 19.1. The molecule has 0 saturated carbocycles. The van der Waals surface area contributed by atoms with Crippen LogP contribution in [0.4, 0.5) is 10.1 Å². The summed E-state index contributed by atoms with van der Waals surface area (Å²) in [6.45, 7) is 0.160. The molecule has 1 amide bonds. The fourth-order valence-electron chi connectivity index (χ4n) is 2.35. The van der Waals surface area contributed by atoms with Crippen LogP contribution in [0.3, 0.4) is 0 Å². The van der Waals surface area contributed by atoms with Crippen molar-refractivity contribution in [1.29, 1.82) is 0 Å². The average Bonchev–Trinajstić information content (AvgIpc) is 2.58. The lowest BCUT2D eigenvalue weighted by Crippen LogP contribution is -2.28. The lowest BCUT2D eigenvalue weighted by molar-refractivity contribution is -0.115. The van der Waals surface area contributed by atoms with Crippen LogP contribution < -0.4 is 10.6 Å². The van der Waals surface area contributed by atoms with Crippen LogP contribution in [-0.2, 0) is 4.79 Å². The van der Waals surface area contributed by atoms with Gasteiger partial charge in [0.05, 0.1) is 12.6 Å². The summed E-state index contributed by atoms with van der Waals surface area (Å²) in [6, 6.07) is 13.7. The topological polar surface area (TPSA) is 41.1 Å². The second-order valence-electron chi connectivity index (χ2n) is 4.47. The predicted octanol–water partition coefficient (Wildman–Crippen LogP) is 2.46. The first-order valence-electron chi connectivity index (χ1n) is 6.12. The maximum absolute atomic E-state index is 14.0. The van der Waals surface area contributed by atoms with Crippen LogP contribution in [0.15, 0.2) is 48.5 Å². The van der Waals surface area contributed by atoms with Gasteiger partial charge in [-0.15, -0.1) is 0 Å². The highest BCUT2D eigenvalue weighted by Crippen LogP contribution is 2.31. The number of nitrogens with one attached hydrogen (secondary N) is 2. The molecule has 96 valence electrons. The van der Waals surface area contributed by atoms with Gasteiger partial charge in [-0.05, 0) is 17.7 Å². The molecule has 4 heteroatoms. The van der Waals surface area contributed by atoms with Crippen molar-refractivity contribution in [1.82, 2.24) is 5.32 Å². The Labute approximate surface area is 110 Å². The van der Waals surface area contributed by atoms with Crippen molar-refractivity contribution in [2.75, 3.05) is 11.9 Å². The van der Waals surface area contributed by atoms with E-state index in [9.17, 15) is 9.18 Å². The minimum absolute atomic E-state index is 0.119. The molecule has 3 nitrogen and oxygen atoms in total. The highest BCUT2D eigenvalue weighted by molar-refractivity contribution is 5.94. The van der Waals surface area contributed by atoms with Crippen molar-refractivity contribution in [2.45, 2.75) is 6.04 Å². The molecule has 0 radical (unpaired) electrons. The molecule has 1 heterocycles. The van der Waals surface area contributed by atoms with Crippen molar-refractivity contribution in [3.63, 3.8) is 0 Å². The van der Waals surface area contributed by atoms with Crippen LogP contribution in [0.5, 0.6) is 0 Å². The third-order valence-corrected chi connectivity index (χ3v) is 3.23. The van der Waals surface area contributed by atoms with Gasteiger partial charge in [-0.1, -0.05) is 36.4 Å². The normalized spacial score (nSPS) is 18.4. The number of halogens is 1. The summed E-state index contributed by atoms with van der Waals surface area (Å²) in [4.78, 5) is 11.6. The van der Waals surface area contributed by atoms with Crippen LogP contribution >= 0.6 is 0 Å². The zero-order valence-corrected chi connectivity index (χ0v) is 10.2. The summed E-state index contributed by atoms with van der Waals surface area (Å²) in [5.41, 5.74) is 2.15. The van der Waals surface area contributed by atoms with E-state index in [4.69, 9.17) is 0 Å². The zero-order valence-electron chi connectivity index (χ0n) is 10.2. The van der Waals surface area contributed by atoms with E-state index in [-0.39, 0.29) is 24.3 Å². The van der Waals surface area contributed by atoms with E-state index < -0.39 is 0 Å². The minimum atomic E-state index is -0.323. The van der Waals surface area contributed by atoms with Gasteiger partial charge in [0.25, 0.3) is 0 Å². The average molecular weight is 256 g/mol. The van der Waals surface area contributed by atoms with Crippen molar-refractivity contribution < 1.29 is 9.18 Å². The van der Waals surface area contributed by atoms with Gasteiger partial charge in [0.1, 0.15) is 5.82 Å². The Kier molecular flexibility index (Phi) is 3.01. The number of carbonyl (C=O) groups is 1. The fraction of sp³-hybridized carbons (Fsp3) is 0.133. The lowest BCUT2D eigenvalue weighted by atomic mass is 9.97. The number of hydrogen-bond donors (Lipinski definition) is 2. The molecule has 0 spiro atoms. The third kappa shape index (κ3) is 2.22. The zero-order chi connectivity index (χ0) is 13.2. The van der Waals surface area contributed by atoms with Crippen molar-refractivity contribution in [2.24, 2.45) is 0 Å². The number of anilines is 1. The molecule has 0 unspecified atom stereocenters. The van der Waals surface area contributed by atoms with Gasteiger partial charge in [0.15, 0.2) is 0 Å². The second kappa shape index (κ2) is 4.82. The molecule has 2 aromatic rings. The Morgan fingerprint density at radius 3 is 2.47 bits per heavy atom. The van der Waals surface area contributed by atoms with Crippen LogP contribution in [0.25, 0.3) is 0 Å². The molecule has 2 aromatic carbocycles. The SMILES string of the molecule is O=C1CN[C@H](c2ccccc2F)c2ccccc2N1. The van der Waals surface area contributed by atoms with Gasteiger partial charge in [0, 0.05) is 11.3 Å². The molecule has 0 aromatic heterocycles. The molecule has 0 fully saturated rings. The molecular weight excluding hydrogens is 243 g/mol. The monoisotopic (exact) mass is 256 g/mol. The summed E-state index contributed by atoms with van der Waals surface area (Å²) >= 11 is 0. The van der Waals surface area contributed by atoms with E-state index in [1.54, 1.807) is 18.2 Å². The molecule has 1 aliphatic heterocycles. The molecule has 0 saturated heterocycles. The van der Waals surface area contributed by atoms with E-state index in [0.29, 0.717) is 5.56 Å². The van der Waals surface area contributed by atoms with Gasteiger partial charge in [-0.3, -0.25) is 10.1 Å². The van der Waals surface area contributed by atoms with E-state index >= 15 is 0 Å². The number of amides is 1. The van der Waals surface area contributed by atoms with Crippen molar-refractivity contribution >= 4 is 11.6 Å². The lowest BCUT2D eigenvalue weighted by Gasteiger charge is -2.18. The Morgan fingerprint density at radius 1 is 1.00 bits per heavy atom. The summed E-state index contributed by atoms with van der Waals surface area (Å²) in [5.74, 6) is -0.393. The molecule has 0 bridgehead atoms. The van der Waals surface area contributed by atoms with E-state index in [1.807, 2.05) is 24.3 Å². The van der Waals surface area contributed by atoms with E-state index in [0.717, 1.165) is 11.3 Å². The summed E-state index contributed by atoms with van der Waals surface area (Å²) in [5, 5.41) is 5.91. The number of benzene rings is 2. The van der Waals surface area contributed by atoms with E-state index in [2.05, 4.69) is 10.6 Å². The highest BCUT2D eigenvalue weighted by Gasteiger charge is 2.24. The first-order chi connectivity index (χ1) is 9.25. The van der Waals surface area contributed by atoms with Crippen molar-refractivity contribution in [3.8, 4) is 0 Å². The Bertz CT molecular complexity index is 627. The molecule has 3 rings (SSSR count). The Hall–Kier alpha value is -2.20. The number of hydrogen-bond acceptors (Lipinski definition) is 2. The van der Waals surface area contributed by atoms with Crippen LogP contribution in [0.2, 0.25) is 0 Å². The molecule has 19 heavy (non-hydrogen) atoms. The molecule has 1 aliphatic rings. The van der Waals surface area contributed by atoms with Gasteiger partial charge in [-0.2, -0.15) is 0 Å². The molecular formula is C15H13FN2O. The smallest absolute Gasteiger partial charge is 0.238 e. The Balaban J connectivity index is 2.12. The first-order valence-corrected chi connectivity index (χ1v) is 6.12. The van der Waals surface area contributed by atoms with Crippen molar-refractivity contribution in [3.05, 3.63) is 65.5 Å². The summed E-state index contributed by atoms with van der Waals surface area (Å²) in [6.07, 6.45) is 0. The summed E-state index contributed by atoms with van der Waals surface area (Å²) < 4.78 is 14.0. The fourth-order valence-corrected chi connectivity index (χ4v) is 2.35. The number of carbonyl (C=O) groups excluding carboxylic acids is 1. The van der Waals surface area contributed by atoms with Gasteiger partial charge < -0.3 is 5.32 Å². The largest absolute Gasteiger partial charge is 0.325 e. The van der Waals surface area contributed by atoms with Gasteiger partial charge in [0.2, 0.25) is 5.91 Å². The number of para-hydroxylation sites is 1. The third-order valence-electron chi connectivity index (χ3n) is 3.23. The maximum Gasteiger partial charge on any atom is 0.238 e. The predicted molar refractivity (Wildman–Crippen MR) is 71.3 cm³/mol. The van der Waals surface area contributed by atoms with Crippen LogP contribution in [0, 0.1) is 5.82 Å². The molecule has 1 atom stereocenters. The standard InChI is InChI=1S/C15H13FN2O/c16-12-7-3-1-5-10(12)15-11-6-2-4-8-13(11)18-14(19)9-17-15/h1-8,15,17H,9H2,(H,18,19)/t15-/m1/s1. The first kappa shape index (κ1) is 11.9.